The molecule has 2 rings (SSSR count). The highest BCUT2D eigenvalue weighted by molar-refractivity contribution is 6.89. The molecule has 0 saturated carbocycles. The van der Waals surface area contributed by atoms with Gasteiger partial charge in [-0.2, -0.15) is 0 Å². The molecule has 0 atom stereocenters. The highest BCUT2D eigenvalue weighted by atomic mass is 28.3. The van der Waals surface area contributed by atoms with E-state index in [0.717, 1.165) is 12.1 Å². The van der Waals surface area contributed by atoms with E-state index in [1.807, 2.05) is 0 Å². The largest absolute Gasteiger partial charge is 0.256 e. The number of benzene rings is 1. The third-order valence-corrected chi connectivity index (χ3v) is 5.93. The van der Waals surface area contributed by atoms with E-state index >= 15 is 0 Å². The Labute approximate surface area is 136 Å². The summed E-state index contributed by atoms with van der Waals surface area (Å²) in [4.78, 5) is 4.77. The van der Waals surface area contributed by atoms with Crippen molar-refractivity contribution in [3.8, 4) is 11.3 Å². The Kier molecular flexibility index (Phi) is 4.62. The zero-order chi connectivity index (χ0) is 16.5. The average Bonchev–Trinajstić information content (AvgIpc) is 2.36. The molecule has 0 aliphatic rings. The summed E-state index contributed by atoms with van der Waals surface area (Å²) < 4.78 is 0. The van der Waals surface area contributed by atoms with Crippen molar-refractivity contribution in [2.24, 2.45) is 5.41 Å². The van der Waals surface area contributed by atoms with Crippen molar-refractivity contribution in [2.75, 3.05) is 0 Å². The van der Waals surface area contributed by atoms with Crippen LogP contribution in [-0.4, -0.2) is 13.1 Å². The summed E-state index contributed by atoms with van der Waals surface area (Å²) in [6.07, 6.45) is 3.25. The lowest BCUT2D eigenvalue weighted by Crippen LogP contribution is -2.41. The van der Waals surface area contributed by atoms with Gasteiger partial charge < -0.3 is 0 Å². The van der Waals surface area contributed by atoms with Crippen molar-refractivity contribution in [1.82, 2.24) is 4.98 Å². The number of pyridine rings is 1. The van der Waals surface area contributed by atoms with Gasteiger partial charge >= 0.3 is 0 Å². The molecule has 0 amide bonds. The molecule has 2 aromatic rings. The van der Waals surface area contributed by atoms with Crippen LogP contribution in [0.3, 0.4) is 0 Å². The van der Waals surface area contributed by atoms with Crippen LogP contribution in [0.2, 0.25) is 19.6 Å². The van der Waals surface area contributed by atoms with Crippen LogP contribution in [0.15, 0.2) is 36.5 Å². The van der Waals surface area contributed by atoms with Crippen molar-refractivity contribution in [1.29, 1.82) is 0 Å². The van der Waals surface area contributed by atoms with Gasteiger partial charge in [0, 0.05) is 11.8 Å². The van der Waals surface area contributed by atoms with Crippen molar-refractivity contribution in [2.45, 2.75) is 53.8 Å². The molecule has 0 fully saturated rings. The second-order valence-electron chi connectivity index (χ2n) is 8.58. The molecule has 22 heavy (non-hydrogen) atoms. The van der Waals surface area contributed by atoms with Gasteiger partial charge in [-0.15, -0.1) is 0 Å². The lowest BCUT2D eigenvalue weighted by molar-refractivity contribution is 0.412. The normalized spacial score (nSPS) is 12.5. The summed E-state index contributed by atoms with van der Waals surface area (Å²) in [6.45, 7) is 16.3. The Morgan fingerprint density at radius 1 is 1.00 bits per heavy atom. The first kappa shape index (κ1) is 16.9. The van der Waals surface area contributed by atoms with Gasteiger partial charge in [0.2, 0.25) is 0 Å². The summed E-state index contributed by atoms with van der Waals surface area (Å²) >= 11 is 0. The van der Waals surface area contributed by atoms with Crippen LogP contribution in [-0.2, 0) is 6.42 Å². The van der Waals surface area contributed by atoms with Gasteiger partial charge in [-0.05, 0) is 35.6 Å². The summed E-state index contributed by atoms with van der Waals surface area (Å²) in [7, 11) is -1.37. The molecule has 0 radical (unpaired) electrons. The molecule has 0 aliphatic carbocycles. The standard InChI is InChI=1S/C20H29NSi/c1-15-8-10-16(11-9-15)18-12-17(13-20(2,3)4)19(14-21-18)22(5,6)7/h8-12,14H,13H2,1-7H3. The molecule has 0 aliphatic heterocycles. The first-order chi connectivity index (χ1) is 10.1. The van der Waals surface area contributed by atoms with E-state index in [0.29, 0.717) is 5.41 Å². The minimum atomic E-state index is -1.37. The highest BCUT2D eigenvalue weighted by Crippen LogP contribution is 2.25. The van der Waals surface area contributed by atoms with Crippen LogP contribution < -0.4 is 5.19 Å². The molecule has 1 aromatic heterocycles. The van der Waals surface area contributed by atoms with E-state index in [9.17, 15) is 0 Å². The van der Waals surface area contributed by atoms with Crippen molar-refractivity contribution < 1.29 is 0 Å². The van der Waals surface area contributed by atoms with Gasteiger partial charge in [0.05, 0.1) is 13.8 Å². The number of nitrogens with zero attached hydrogens (tertiary/aromatic N) is 1. The lowest BCUT2D eigenvalue weighted by Gasteiger charge is -2.26. The Hall–Kier alpha value is -1.41. The molecular formula is C20H29NSi. The SMILES string of the molecule is Cc1ccc(-c2cc(CC(C)(C)C)c([Si](C)(C)C)cn2)cc1. The zero-order valence-electron chi connectivity index (χ0n) is 15.1. The van der Waals surface area contributed by atoms with Crippen LogP contribution in [0.5, 0.6) is 0 Å². The number of rotatable bonds is 3. The maximum Gasteiger partial charge on any atom is 0.0799 e. The van der Waals surface area contributed by atoms with Crippen molar-refractivity contribution in [3.05, 3.63) is 47.7 Å². The van der Waals surface area contributed by atoms with Gasteiger partial charge in [0.1, 0.15) is 0 Å². The van der Waals surface area contributed by atoms with E-state index in [1.165, 1.54) is 21.9 Å². The summed E-state index contributed by atoms with van der Waals surface area (Å²) in [5, 5.41) is 1.50. The maximum absolute atomic E-state index is 4.77. The lowest BCUT2D eigenvalue weighted by atomic mass is 9.88. The van der Waals surface area contributed by atoms with E-state index in [-0.39, 0.29) is 0 Å². The monoisotopic (exact) mass is 311 g/mol. The molecule has 0 saturated heterocycles. The molecule has 0 N–H and O–H groups in total. The van der Waals surface area contributed by atoms with E-state index in [4.69, 9.17) is 4.98 Å². The van der Waals surface area contributed by atoms with E-state index < -0.39 is 8.07 Å². The number of aryl methyl sites for hydroxylation is 1. The van der Waals surface area contributed by atoms with Crippen LogP contribution in [0, 0.1) is 12.3 Å². The molecule has 0 unspecified atom stereocenters. The third kappa shape index (κ3) is 4.29. The fourth-order valence-electron chi connectivity index (χ4n) is 2.77. The van der Waals surface area contributed by atoms with Gasteiger partial charge in [0.25, 0.3) is 0 Å². The Balaban J connectivity index is 2.51. The summed E-state index contributed by atoms with van der Waals surface area (Å²) in [6, 6.07) is 11.0. The second-order valence-corrected chi connectivity index (χ2v) is 13.6. The molecule has 118 valence electrons. The van der Waals surface area contributed by atoms with Crippen molar-refractivity contribution >= 4 is 13.3 Å². The van der Waals surface area contributed by atoms with Crippen LogP contribution in [0.4, 0.5) is 0 Å². The Morgan fingerprint density at radius 3 is 2.09 bits per heavy atom. The fourth-order valence-corrected chi connectivity index (χ4v) is 4.35. The molecule has 0 bridgehead atoms. The van der Waals surface area contributed by atoms with Crippen LogP contribution in [0.1, 0.15) is 31.9 Å². The first-order valence-corrected chi connectivity index (χ1v) is 11.6. The average molecular weight is 312 g/mol. The molecule has 1 aromatic carbocycles. The Morgan fingerprint density at radius 2 is 1.59 bits per heavy atom. The quantitative estimate of drug-likeness (QED) is 0.711. The van der Waals surface area contributed by atoms with Gasteiger partial charge in [0.15, 0.2) is 0 Å². The topological polar surface area (TPSA) is 12.9 Å². The predicted molar refractivity (Wildman–Crippen MR) is 101 cm³/mol. The highest BCUT2D eigenvalue weighted by Gasteiger charge is 2.24. The van der Waals surface area contributed by atoms with Gasteiger partial charge in [-0.3, -0.25) is 4.98 Å². The maximum atomic E-state index is 4.77. The number of hydrogen-bond donors (Lipinski definition) is 0. The minimum Gasteiger partial charge on any atom is -0.256 e. The molecule has 2 heteroatoms. The predicted octanol–water partition coefficient (Wildman–Crippen LogP) is 5.19. The Bertz CT molecular complexity index is 643. The van der Waals surface area contributed by atoms with Crippen LogP contribution in [0.25, 0.3) is 11.3 Å². The number of aromatic nitrogens is 1. The van der Waals surface area contributed by atoms with Gasteiger partial charge in [-0.1, -0.05) is 70.2 Å². The van der Waals surface area contributed by atoms with Gasteiger partial charge in [-0.25, -0.2) is 0 Å². The smallest absolute Gasteiger partial charge is 0.0799 e. The van der Waals surface area contributed by atoms with Crippen LogP contribution >= 0.6 is 0 Å². The fraction of sp³-hybridized carbons (Fsp3) is 0.450. The molecular weight excluding hydrogens is 282 g/mol. The third-order valence-electron chi connectivity index (χ3n) is 3.87. The second kappa shape index (κ2) is 6.00. The minimum absolute atomic E-state index is 0.292. The zero-order valence-corrected chi connectivity index (χ0v) is 16.1. The molecule has 1 heterocycles. The first-order valence-electron chi connectivity index (χ1n) is 8.13. The van der Waals surface area contributed by atoms with Crippen molar-refractivity contribution in [3.63, 3.8) is 0 Å². The molecule has 1 nitrogen and oxygen atoms in total. The summed E-state index contributed by atoms with van der Waals surface area (Å²) in [5.41, 5.74) is 5.37. The van der Waals surface area contributed by atoms with E-state index in [1.54, 1.807) is 0 Å². The summed E-state index contributed by atoms with van der Waals surface area (Å²) in [5.74, 6) is 0. The number of hydrogen-bond acceptors (Lipinski definition) is 1. The van der Waals surface area contributed by atoms with E-state index in [2.05, 4.69) is 83.9 Å². The molecule has 0 spiro atoms.